The largest absolute Gasteiger partial charge is 0.322 e. The molecule has 0 spiro atoms. The van der Waals surface area contributed by atoms with E-state index >= 15 is 0 Å². The highest BCUT2D eigenvalue weighted by molar-refractivity contribution is 8.01. The average molecular weight is 460 g/mol. The van der Waals surface area contributed by atoms with Crippen molar-refractivity contribution in [3.8, 4) is 0 Å². The summed E-state index contributed by atoms with van der Waals surface area (Å²) < 4.78 is 26.1. The van der Waals surface area contributed by atoms with E-state index in [0.717, 1.165) is 31.7 Å². The van der Waals surface area contributed by atoms with Crippen molar-refractivity contribution in [1.29, 1.82) is 0 Å². The molecular formula is C21H21N3O3S3. The molecule has 4 rings (SSSR count). The molecule has 9 heteroatoms. The number of benzene rings is 2. The van der Waals surface area contributed by atoms with Crippen molar-refractivity contribution in [3.63, 3.8) is 0 Å². The summed E-state index contributed by atoms with van der Waals surface area (Å²) in [6, 6.07) is 11.1. The number of hydrogen-bond donors (Lipinski definition) is 1. The van der Waals surface area contributed by atoms with Gasteiger partial charge in [-0.15, -0.1) is 11.3 Å². The van der Waals surface area contributed by atoms with Crippen LogP contribution in [-0.4, -0.2) is 32.1 Å². The third-order valence-electron chi connectivity index (χ3n) is 4.84. The Labute approximate surface area is 184 Å². The summed E-state index contributed by atoms with van der Waals surface area (Å²) in [7, 11) is -3.30. The van der Waals surface area contributed by atoms with Gasteiger partial charge in [-0.2, -0.15) is 0 Å². The molecule has 156 valence electrons. The summed E-state index contributed by atoms with van der Waals surface area (Å²) in [5.41, 5.74) is 4.76. The Balaban J connectivity index is 1.49. The standard InChI is InChI=1S/C21H21N3O3S3/c1-13-10-17(29-21-22-14(2)12-28-21)5-6-18(13)23-20(25)16-4-7-19-15(11-16)8-9-24(19)30(3,26)27/h4-7,10-12H,8-9H2,1-3H3,(H,23,25). The number of amides is 1. The van der Waals surface area contributed by atoms with Crippen LogP contribution in [0.25, 0.3) is 0 Å². The molecule has 2 heterocycles. The average Bonchev–Trinajstić information content (AvgIpc) is 3.29. The number of sulfonamides is 1. The lowest BCUT2D eigenvalue weighted by Crippen LogP contribution is -2.27. The van der Waals surface area contributed by atoms with E-state index in [9.17, 15) is 13.2 Å². The summed E-state index contributed by atoms with van der Waals surface area (Å²) in [6.07, 6.45) is 1.80. The number of rotatable bonds is 5. The highest BCUT2D eigenvalue weighted by atomic mass is 32.2. The summed E-state index contributed by atoms with van der Waals surface area (Å²) in [6.45, 7) is 4.34. The van der Waals surface area contributed by atoms with E-state index in [0.29, 0.717) is 24.2 Å². The molecule has 1 amide bonds. The molecule has 6 nitrogen and oxygen atoms in total. The topological polar surface area (TPSA) is 79.4 Å². The highest BCUT2D eigenvalue weighted by Gasteiger charge is 2.26. The SMILES string of the molecule is Cc1csc(Sc2ccc(NC(=O)c3ccc4c(c3)CCN4S(C)(=O)=O)c(C)c2)n1. The first-order valence-electron chi connectivity index (χ1n) is 9.33. The Bertz CT molecular complexity index is 1240. The minimum Gasteiger partial charge on any atom is -0.322 e. The van der Waals surface area contributed by atoms with E-state index in [1.807, 2.05) is 37.4 Å². The molecule has 0 bridgehead atoms. The zero-order valence-electron chi connectivity index (χ0n) is 16.8. The van der Waals surface area contributed by atoms with Gasteiger partial charge in [0.15, 0.2) is 4.34 Å². The summed E-state index contributed by atoms with van der Waals surface area (Å²) in [5, 5.41) is 4.98. The fourth-order valence-corrected chi connectivity index (χ4v) is 6.24. The van der Waals surface area contributed by atoms with Crippen LogP contribution in [0.4, 0.5) is 11.4 Å². The van der Waals surface area contributed by atoms with Gasteiger partial charge in [-0.1, -0.05) is 11.8 Å². The van der Waals surface area contributed by atoms with Gasteiger partial charge < -0.3 is 5.32 Å². The van der Waals surface area contributed by atoms with Crippen LogP contribution in [0.2, 0.25) is 0 Å². The lowest BCUT2D eigenvalue weighted by molar-refractivity contribution is 0.102. The second-order valence-corrected chi connectivity index (χ2v) is 11.3. The van der Waals surface area contributed by atoms with Crippen molar-refractivity contribution in [2.24, 2.45) is 0 Å². The molecule has 0 aliphatic carbocycles. The van der Waals surface area contributed by atoms with E-state index in [1.165, 1.54) is 10.6 Å². The van der Waals surface area contributed by atoms with Crippen LogP contribution in [0.5, 0.6) is 0 Å². The zero-order valence-corrected chi connectivity index (χ0v) is 19.2. The van der Waals surface area contributed by atoms with Crippen molar-refractivity contribution < 1.29 is 13.2 Å². The number of carbonyl (C=O) groups excluding carboxylic acids is 1. The van der Waals surface area contributed by atoms with Crippen LogP contribution in [0.3, 0.4) is 0 Å². The van der Waals surface area contributed by atoms with E-state index in [1.54, 1.807) is 41.3 Å². The van der Waals surface area contributed by atoms with Crippen molar-refractivity contribution in [2.75, 3.05) is 22.4 Å². The normalized spacial score (nSPS) is 13.4. The molecule has 30 heavy (non-hydrogen) atoms. The molecule has 2 aromatic carbocycles. The van der Waals surface area contributed by atoms with Gasteiger partial charge in [0, 0.05) is 33.8 Å². The quantitative estimate of drug-likeness (QED) is 0.608. The molecular weight excluding hydrogens is 438 g/mol. The van der Waals surface area contributed by atoms with Crippen LogP contribution >= 0.6 is 23.1 Å². The maximum atomic E-state index is 12.8. The lowest BCUT2D eigenvalue weighted by Gasteiger charge is -2.16. The number of fused-ring (bicyclic) bond motifs is 1. The van der Waals surface area contributed by atoms with Crippen molar-refractivity contribution in [3.05, 3.63) is 64.2 Å². The van der Waals surface area contributed by atoms with Gasteiger partial charge in [-0.05, 0) is 67.8 Å². The second kappa shape index (κ2) is 8.05. The van der Waals surface area contributed by atoms with Crippen LogP contribution in [0.15, 0.2) is 51.0 Å². The minimum atomic E-state index is -3.30. The van der Waals surface area contributed by atoms with Crippen LogP contribution in [-0.2, 0) is 16.4 Å². The van der Waals surface area contributed by atoms with Gasteiger partial charge in [-0.3, -0.25) is 9.10 Å². The van der Waals surface area contributed by atoms with E-state index in [2.05, 4.69) is 10.3 Å². The van der Waals surface area contributed by atoms with Gasteiger partial charge >= 0.3 is 0 Å². The van der Waals surface area contributed by atoms with Crippen molar-refractivity contribution >= 4 is 50.4 Å². The Hall–Kier alpha value is -2.36. The number of aryl methyl sites for hydroxylation is 2. The predicted octanol–water partition coefficient (Wildman–Crippen LogP) is 4.49. The van der Waals surface area contributed by atoms with Gasteiger partial charge in [0.05, 0.1) is 11.9 Å². The number of hydrogen-bond acceptors (Lipinski definition) is 6. The molecule has 0 radical (unpaired) electrons. The van der Waals surface area contributed by atoms with Gasteiger partial charge in [0.25, 0.3) is 5.91 Å². The third-order valence-corrected chi connectivity index (χ3v) is 8.07. The smallest absolute Gasteiger partial charge is 0.255 e. The molecule has 1 aliphatic rings. The molecule has 1 aromatic heterocycles. The van der Waals surface area contributed by atoms with E-state index < -0.39 is 10.0 Å². The Morgan fingerprint density at radius 3 is 2.67 bits per heavy atom. The Kier molecular flexibility index (Phi) is 5.61. The fourth-order valence-electron chi connectivity index (χ4n) is 3.37. The molecule has 3 aromatic rings. The predicted molar refractivity (Wildman–Crippen MR) is 122 cm³/mol. The third kappa shape index (κ3) is 4.38. The minimum absolute atomic E-state index is 0.213. The number of anilines is 2. The fraction of sp³-hybridized carbons (Fsp3) is 0.238. The van der Waals surface area contributed by atoms with Crippen molar-refractivity contribution in [1.82, 2.24) is 4.98 Å². The number of nitrogens with zero attached hydrogens (tertiary/aromatic N) is 2. The lowest BCUT2D eigenvalue weighted by atomic mass is 10.1. The maximum Gasteiger partial charge on any atom is 0.255 e. The molecule has 0 atom stereocenters. The second-order valence-electron chi connectivity index (χ2n) is 7.22. The molecule has 0 saturated heterocycles. The Morgan fingerprint density at radius 2 is 2.00 bits per heavy atom. The monoisotopic (exact) mass is 459 g/mol. The molecule has 0 unspecified atom stereocenters. The number of nitrogens with one attached hydrogen (secondary N) is 1. The molecule has 1 N–H and O–H groups in total. The maximum absolute atomic E-state index is 12.8. The number of carbonyl (C=O) groups is 1. The first kappa shape index (κ1) is 20.9. The summed E-state index contributed by atoms with van der Waals surface area (Å²) >= 11 is 3.22. The molecule has 0 fully saturated rings. The van der Waals surface area contributed by atoms with Crippen LogP contribution in [0, 0.1) is 13.8 Å². The number of aromatic nitrogens is 1. The van der Waals surface area contributed by atoms with Gasteiger partial charge in [0.2, 0.25) is 10.0 Å². The molecule has 0 saturated carbocycles. The van der Waals surface area contributed by atoms with Crippen molar-refractivity contribution in [2.45, 2.75) is 29.5 Å². The summed E-state index contributed by atoms with van der Waals surface area (Å²) in [4.78, 5) is 18.3. The summed E-state index contributed by atoms with van der Waals surface area (Å²) in [5.74, 6) is -0.213. The Morgan fingerprint density at radius 1 is 1.20 bits per heavy atom. The van der Waals surface area contributed by atoms with Gasteiger partial charge in [-0.25, -0.2) is 13.4 Å². The first-order valence-corrected chi connectivity index (χ1v) is 12.9. The number of thiazole rings is 1. The highest BCUT2D eigenvalue weighted by Crippen LogP contribution is 2.33. The van der Waals surface area contributed by atoms with E-state index in [4.69, 9.17) is 0 Å². The first-order chi connectivity index (χ1) is 14.2. The molecule has 1 aliphatic heterocycles. The van der Waals surface area contributed by atoms with Gasteiger partial charge in [0.1, 0.15) is 0 Å². The van der Waals surface area contributed by atoms with E-state index in [-0.39, 0.29) is 5.91 Å². The van der Waals surface area contributed by atoms with Crippen LogP contribution < -0.4 is 9.62 Å². The zero-order chi connectivity index (χ0) is 21.5. The van der Waals surface area contributed by atoms with Crippen LogP contribution in [0.1, 0.15) is 27.2 Å².